The van der Waals surface area contributed by atoms with Gasteiger partial charge in [-0.3, -0.25) is 0 Å². The van der Waals surface area contributed by atoms with Gasteiger partial charge in [0.05, 0.1) is 0 Å². The van der Waals surface area contributed by atoms with Gasteiger partial charge in [0.1, 0.15) is 0 Å². The molecule has 8 aromatic rings. The van der Waals surface area contributed by atoms with Crippen LogP contribution in [-0.4, -0.2) is 0 Å². The number of rotatable bonds is 6. The summed E-state index contributed by atoms with van der Waals surface area (Å²) >= 11 is 0. The van der Waals surface area contributed by atoms with E-state index in [-0.39, 0.29) is 5.41 Å². The van der Waals surface area contributed by atoms with Gasteiger partial charge in [-0.1, -0.05) is 166 Å². The van der Waals surface area contributed by atoms with E-state index in [1.54, 1.807) is 0 Å². The molecule has 1 heteroatoms. The van der Waals surface area contributed by atoms with Crippen LogP contribution in [0.25, 0.3) is 55.3 Å². The molecule has 238 valence electrons. The van der Waals surface area contributed by atoms with Crippen molar-refractivity contribution in [2.45, 2.75) is 19.3 Å². The maximum atomic E-state index is 2.38. The Morgan fingerprint density at radius 1 is 0.340 bits per heavy atom. The van der Waals surface area contributed by atoms with Crippen molar-refractivity contribution in [3.8, 4) is 44.5 Å². The molecule has 0 aliphatic heterocycles. The van der Waals surface area contributed by atoms with Crippen molar-refractivity contribution in [1.29, 1.82) is 0 Å². The Balaban J connectivity index is 1.13. The number of benzene rings is 8. The normalized spacial score (nSPS) is 12.8. The SMILES string of the molecule is CC1(C)c2ccccc2-c2c(-c3ccc(N(c4cccc(-c5ccc(-c6ccccc6)cc5)c4)c4ccc5ccccc5c4)cc3)cccc21. The lowest BCUT2D eigenvalue weighted by molar-refractivity contribution is 0.660. The summed E-state index contributed by atoms with van der Waals surface area (Å²) in [7, 11) is 0. The van der Waals surface area contributed by atoms with Gasteiger partial charge >= 0.3 is 0 Å². The number of fused-ring (bicyclic) bond motifs is 4. The molecule has 0 radical (unpaired) electrons. The molecule has 0 bridgehead atoms. The molecule has 0 saturated heterocycles. The van der Waals surface area contributed by atoms with Gasteiger partial charge in [-0.25, -0.2) is 0 Å². The van der Waals surface area contributed by atoms with Gasteiger partial charge < -0.3 is 4.90 Å². The topological polar surface area (TPSA) is 3.24 Å². The van der Waals surface area contributed by atoms with Crippen molar-refractivity contribution in [2.24, 2.45) is 0 Å². The van der Waals surface area contributed by atoms with Crippen molar-refractivity contribution >= 4 is 27.8 Å². The first-order valence-electron chi connectivity index (χ1n) is 17.4. The Morgan fingerprint density at radius 2 is 0.880 bits per heavy atom. The first kappa shape index (κ1) is 29.9. The highest BCUT2D eigenvalue weighted by atomic mass is 15.1. The Morgan fingerprint density at radius 3 is 1.68 bits per heavy atom. The van der Waals surface area contributed by atoms with E-state index in [1.165, 1.54) is 66.4 Å². The highest BCUT2D eigenvalue weighted by molar-refractivity contribution is 5.94. The van der Waals surface area contributed by atoms with Crippen LogP contribution in [0, 0.1) is 0 Å². The van der Waals surface area contributed by atoms with E-state index < -0.39 is 0 Å². The summed E-state index contributed by atoms with van der Waals surface area (Å²) in [5.74, 6) is 0. The van der Waals surface area contributed by atoms with Crippen LogP contribution >= 0.6 is 0 Å². The van der Waals surface area contributed by atoms with Crippen molar-refractivity contribution in [3.63, 3.8) is 0 Å². The lowest BCUT2D eigenvalue weighted by atomic mass is 9.82. The molecule has 0 aromatic heterocycles. The molecule has 0 fully saturated rings. The van der Waals surface area contributed by atoms with Gasteiger partial charge in [0.15, 0.2) is 0 Å². The molecular weight excluding hydrogens is 603 g/mol. The van der Waals surface area contributed by atoms with E-state index in [1.807, 2.05) is 0 Å². The molecule has 0 saturated carbocycles. The van der Waals surface area contributed by atoms with E-state index in [0.29, 0.717) is 0 Å². The third-order valence-electron chi connectivity index (χ3n) is 10.5. The molecule has 9 rings (SSSR count). The minimum absolute atomic E-state index is 0.0261. The average Bonchev–Trinajstić information content (AvgIpc) is 3.42. The van der Waals surface area contributed by atoms with Gasteiger partial charge in [0.2, 0.25) is 0 Å². The molecular formula is C49H37N. The Bertz CT molecular complexity index is 2490. The van der Waals surface area contributed by atoms with Crippen molar-refractivity contribution in [2.75, 3.05) is 4.90 Å². The molecule has 50 heavy (non-hydrogen) atoms. The van der Waals surface area contributed by atoms with Gasteiger partial charge in [0.25, 0.3) is 0 Å². The number of hydrogen-bond acceptors (Lipinski definition) is 1. The largest absolute Gasteiger partial charge is 0.310 e. The van der Waals surface area contributed by atoms with Crippen LogP contribution in [0.4, 0.5) is 17.1 Å². The highest BCUT2D eigenvalue weighted by Gasteiger charge is 2.36. The Labute approximate surface area is 294 Å². The van der Waals surface area contributed by atoms with Crippen LogP contribution in [-0.2, 0) is 5.41 Å². The minimum atomic E-state index is -0.0261. The summed E-state index contributed by atoms with van der Waals surface area (Å²) in [4.78, 5) is 2.38. The fourth-order valence-electron chi connectivity index (χ4n) is 7.86. The quantitative estimate of drug-likeness (QED) is 0.175. The van der Waals surface area contributed by atoms with E-state index in [4.69, 9.17) is 0 Å². The second-order valence-electron chi connectivity index (χ2n) is 13.8. The summed E-state index contributed by atoms with van der Waals surface area (Å²) in [6.07, 6.45) is 0. The third kappa shape index (κ3) is 5.11. The van der Waals surface area contributed by atoms with Crippen molar-refractivity contribution in [1.82, 2.24) is 0 Å². The minimum Gasteiger partial charge on any atom is -0.310 e. The lowest BCUT2D eigenvalue weighted by Crippen LogP contribution is -2.14. The predicted molar refractivity (Wildman–Crippen MR) is 213 cm³/mol. The summed E-state index contributed by atoms with van der Waals surface area (Å²) in [5.41, 5.74) is 16.2. The molecule has 0 heterocycles. The molecule has 0 amide bonds. The zero-order valence-corrected chi connectivity index (χ0v) is 28.3. The van der Waals surface area contributed by atoms with E-state index in [2.05, 4.69) is 207 Å². The summed E-state index contributed by atoms with van der Waals surface area (Å²) in [6.45, 7) is 4.69. The molecule has 0 N–H and O–H groups in total. The maximum absolute atomic E-state index is 2.38. The van der Waals surface area contributed by atoms with Crippen LogP contribution in [0.2, 0.25) is 0 Å². The smallest absolute Gasteiger partial charge is 0.0468 e. The Hall–Kier alpha value is -6.18. The Kier molecular flexibility index (Phi) is 7.21. The van der Waals surface area contributed by atoms with Gasteiger partial charge in [-0.2, -0.15) is 0 Å². The lowest BCUT2D eigenvalue weighted by Gasteiger charge is -2.27. The molecule has 1 aliphatic rings. The summed E-state index contributed by atoms with van der Waals surface area (Å²) in [6, 6.07) is 68.5. The third-order valence-corrected chi connectivity index (χ3v) is 10.5. The highest BCUT2D eigenvalue weighted by Crippen LogP contribution is 2.52. The van der Waals surface area contributed by atoms with E-state index >= 15 is 0 Å². The fraction of sp³-hybridized carbons (Fsp3) is 0.0612. The first-order chi connectivity index (χ1) is 24.5. The van der Waals surface area contributed by atoms with E-state index in [9.17, 15) is 0 Å². The van der Waals surface area contributed by atoms with Crippen LogP contribution in [0.15, 0.2) is 188 Å². The van der Waals surface area contributed by atoms with Gasteiger partial charge in [0, 0.05) is 22.5 Å². The second kappa shape index (κ2) is 12.1. The molecule has 0 atom stereocenters. The van der Waals surface area contributed by atoms with Crippen LogP contribution in [0.3, 0.4) is 0 Å². The zero-order chi connectivity index (χ0) is 33.7. The number of nitrogens with zero attached hydrogens (tertiary/aromatic N) is 1. The van der Waals surface area contributed by atoms with Crippen LogP contribution in [0.1, 0.15) is 25.0 Å². The van der Waals surface area contributed by atoms with Gasteiger partial charge in [-0.15, -0.1) is 0 Å². The van der Waals surface area contributed by atoms with Crippen molar-refractivity contribution in [3.05, 3.63) is 199 Å². The molecule has 1 nitrogen and oxygen atoms in total. The maximum Gasteiger partial charge on any atom is 0.0468 e. The predicted octanol–water partition coefficient (Wildman–Crippen LogP) is 13.6. The summed E-state index contributed by atoms with van der Waals surface area (Å²) < 4.78 is 0. The first-order valence-corrected chi connectivity index (χ1v) is 17.4. The molecule has 1 aliphatic carbocycles. The number of hydrogen-bond donors (Lipinski definition) is 0. The molecule has 8 aromatic carbocycles. The number of anilines is 3. The monoisotopic (exact) mass is 639 g/mol. The van der Waals surface area contributed by atoms with E-state index in [0.717, 1.165) is 17.1 Å². The average molecular weight is 640 g/mol. The van der Waals surface area contributed by atoms with Crippen LogP contribution in [0.5, 0.6) is 0 Å². The molecule has 0 unspecified atom stereocenters. The van der Waals surface area contributed by atoms with Gasteiger partial charge in [-0.05, 0) is 103 Å². The summed E-state index contributed by atoms with van der Waals surface area (Å²) in [5, 5.41) is 2.46. The van der Waals surface area contributed by atoms with Crippen LogP contribution < -0.4 is 4.90 Å². The second-order valence-corrected chi connectivity index (χ2v) is 13.8. The van der Waals surface area contributed by atoms with Crippen molar-refractivity contribution < 1.29 is 0 Å². The molecule has 0 spiro atoms. The standard InChI is InChI=1S/C49H37N/c1-49(2)46-20-9-8-18-45(46)48-44(19-11-21-47(48)49)38-27-29-41(30-28-38)50(43-31-26-35-14-6-7-15-39(35)33-43)42-17-10-16-40(32-42)37-24-22-36(23-25-37)34-12-4-3-5-13-34/h3-33H,1-2H3. The zero-order valence-electron chi connectivity index (χ0n) is 28.3. The fourth-order valence-corrected chi connectivity index (χ4v) is 7.86.